The Hall–Kier alpha value is -3.02. The highest BCUT2D eigenvalue weighted by Crippen LogP contribution is 2.25. The molecule has 3 rings (SSSR count). The van der Waals surface area contributed by atoms with E-state index in [-0.39, 0.29) is 25.0 Å². The maximum Gasteiger partial charge on any atom is 0.261 e. The summed E-state index contributed by atoms with van der Waals surface area (Å²) in [5.41, 5.74) is 2.16. The molecule has 7 heteroatoms. The molecule has 0 spiro atoms. The van der Waals surface area contributed by atoms with Crippen molar-refractivity contribution in [2.75, 3.05) is 6.61 Å². The predicted octanol–water partition coefficient (Wildman–Crippen LogP) is 6.24. The number of ether oxygens (including phenoxy) is 1. The summed E-state index contributed by atoms with van der Waals surface area (Å²) in [5.74, 6) is 0.0732. The average molecular weight is 527 g/mol. The summed E-state index contributed by atoms with van der Waals surface area (Å²) in [6.07, 6.45) is 0.347. The van der Waals surface area contributed by atoms with Crippen molar-refractivity contribution in [2.24, 2.45) is 0 Å². The van der Waals surface area contributed by atoms with Crippen LogP contribution in [0.4, 0.5) is 0 Å². The van der Waals surface area contributed by atoms with Crippen molar-refractivity contribution in [3.63, 3.8) is 0 Å². The number of carbonyl (C=O) groups excluding carboxylic acids is 2. The van der Waals surface area contributed by atoms with Crippen LogP contribution in [0.2, 0.25) is 10.0 Å². The molecule has 0 heterocycles. The molecule has 190 valence electrons. The molecular weight excluding hydrogens is 495 g/mol. The Morgan fingerprint density at radius 2 is 1.58 bits per heavy atom. The molecule has 0 bridgehead atoms. The summed E-state index contributed by atoms with van der Waals surface area (Å²) >= 11 is 12.4. The molecule has 0 saturated heterocycles. The van der Waals surface area contributed by atoms with Crippen LogP contribution in [0.3, 0.4) is 0 Å². The van der Waals surface area contributed by atoms with E-state index in [1.54, 1.807) is 23.1 Å². The number of para-hydroxylation sites is 1. The lowest BCUT2D eigenvalue weighted by Gasteiger charge is -2.34. The number of nitrogens with one attached hydrogen (secondary N) is 1. The van der Waals surface area contributed by atoms with Crippen LogP contribution in [0.15, 0.2) is 72.8 Å². The van der Waals surface area contributed by atoms with Gasteiger partial charge in [0.25, 0.3) is 5.91 Å². The summed E-state index contributed by atoms with van der Waals surface area (Å²) in [5, 5.41) is 3.85. The maximum atomic E-state index is 13.6. The molecule has 0 aliphatic rings. The third-order valence-corrected chi connectivity index (χ3v) is 6.29. The van der Waals surface area contributed by atoms with E-state index in [4.69, 9.17) is 27.9 Å². The largest absolute Gasteiger partial charge is 0.484 e. The van der Waals surface area contributed by atoms with Gasteiger partial charge in [-0.1, -0.05) is 77.8 Å². The minimum Gasteiger partial charge on any atom is -0.484 e. The van der Waals surface area contributed by atoms with Crippen molar-refractivity contribution in [2.45, 2.75) is 52.2 Å². The van der Waals surface area contributed by atoms with E-state index in [0.29, 0.717) is 22.2 Å². The number of aryl methyl sites for hydroxylation is 1. The Bertz CT molecular complexity index is 1190. The molecule has 36 heavy (non-hydrogen) atoms. The molecule has 0 aliphatic heterocycles. The average Bonchev–Trinajstić information content (AvgIpc) is 2.82. The van der Waals surface area contributed by atoms with Gasteiger partial charge in [-0.05, 0) is 62.6 Å². The Morgan fingerprint density at radius 3 is 2.22 bits per heavy atom. The first-order valence-corrected chi connectivity index (χ1v) is 12.6. The highest BCUT2D eigenvalue weighted by Gasteiger charge is 2.32. The molecule has 0 saturated carbocycles. The van der Waals surface area contributed by atoms with Crippen LogP contribution in [-0.2, 0) is 22.6 Å². The fourth-order valence-corrected chi connectivity index (χ4v) is 4.10. The quantitative estimate of drug-likeness (QED) is 0.359. The van der Waals surface area contributed by atoms with Crippen molar-refractivity contribution in [3.8, 4) is 5.75 Å². The van der Waals surface area contributed by atoms with E-state index < -0.39 is 11.6 Å². The fraction of sp³-hybridized carbons (Fsp3) is 0.310. The van der Waals surface area contributed by atoms with Gasteiger partial charge in [0.1, 0.15) is 11.8 Å². The van der Waals surface area contributed by atoms with Crippen LogP contribution in [-0.4, -0.2) is 34.9 Å². The van der Waals surface area contributed by atoms with Crippen molar-refractivity contribution < 1.29 is 14.3 Å². The van der Waals surface area contributed by atoms with Crippen molar-refractivity contribution in [3.05, 3.63) is 99.5 Å². The molecule has 2 amide bonds. The Kier molecular flexibility index (Phi) is 9.41. The van der Waals surface area contributed by atoms with E-state index in [1.165, 1.54) is 0 Å². The van der Waals surface area contributed by atoms with Gasteiger partial charge >= 0.3 is 0 Å². The molecule has 0 aliphatic carbocycles. The summed E-state index contributed by atoms with van der Waals surface area (Å²) in [7, 11) is 0. The molecule has 1 atom stereocenters. The van der Waals surface area contributed by atoms with Gasteiger partial charge in [0.15, 0.2) is 6.61 Å². The Morgan fingerprint density at radius 1 is 0.917 bits per heavy atom. The highest BCUT2D eigenvalue weighted by atomic mass is 35.5. The number of hydrogen-bond donors (Lipinski definition) is 1. The van der Waals surface area contributed by atoms with Gasteiger partial charge in [-0.25, -0.2) is 0 Å². The normalized spacial score (nSPS) is 12.1. The zero-order valence-corrected chi connectivity index (χ0v) is 22.6. The van der Waals surface area contributed by atoms with Crippen LogP contribution in [0.1, 0.15) is 37.5 Å². The molecule has 0 aromatic heterocycles. The number of nitrogens with zero attached hydrogens (tertiary/aromatic N) is 1. The van der Waals surface area contributed by atoms with E-state index in [2.05, 4.69) is 5.32 Å². The van der Waals surface area contributed by atoms with E-state index in [1.807, 2.05) is 82.3 Å². The molecule has 5 nitrogen and oxygen atoms in total. The summed E-state index contributed by atoms with van der Waals surface area (Å²) in [4.78, 5) is 28.8. The zero-order valence-electron chi connectivity index (χ0n) is 21.1. The predicted molar refractivity (Wildman–Crippen MR) is 146 cm³/mol. The van der Waals surface area contributed by atoms with Crippen molar-refractivity contribution >= 4 is 35.0 Å². The number of halogens is 2. The lowest BCUT2D eigenvalue weighted by molar-refractivity contribution is -0.143. The first kappa shape index (κ1) is 27.6. The highest BCUT2D eigenvalue weighted by molar-refractivity contribution is 6.42. The van der Waals surface area contributed by atoms with Crippen LogP contribution < -0.4 is 10.1 Å². The number of rotatable bonds is 9. The topological polar surface area (TPSA) is 58.6 Å². The second-order valence-electron chi connectivity index (χ2n) is 9.77. The third-order valence-electron chi connectivity index (χ3n) is 5.55. The van der Waals surface area contributed by atoms with Crippen LogP contribution >= 0.6 is 23.2 Å². The van der Waals surface area contributed by atoms with Gasteiger partial charge in [0, 0.05) is 18.5 Å². The summed E-state index contributed by atoms with van der Waals surface area (Å²) in [6.45, 7) is 7.62. The first-order chi connectivity index (χ1) is 17.0. The van der Waals surface area contributed by atoms with Gasteiger partial charge in [-0.2, -0.15) is 0 Å². The fourth-order valence-electron chi connectivity index (χ4n) is 3.78. The second kappa shape index (κ2) is 12.3. The van der Waals surface area contributed by atoms with Gasteiger partial charge < -0.3 is 15.0 Å². The molecule has 1 N–H and O–H groups in total. The van der Waals surface area contributed by atoms with Crippen LogP contribution in [0.25, 0.3) is 0 Å². The minimum atomic E-state index is -0.769. The SMILES string of the molecule is Cc1ccccc1OCC(=O)N(Cc1ccc(Cl)c(Cl)c1)[C@H](Cc1ccccc1)C(=O)NC(C)(C)C. The van der Waals surface area contributed by atoms with Gasteiger partial charge in [0.2, 0.25) is 5.91 Å². The number of amides is 2. The molecule has 0 unspecified atom stereocenters. The third kappa shape index (κ3) is 8.00. The number of carbonyl (C=O) groups is 2. The number of benzene rings is 3. The molecule has 0 fully saturated rings. The summed E-state index contributed by atoms with van der Waals surface area (Å²) < 4.78 is 5.87. The zero-order chi connectivity index (χ0) is 26.3. The minimum absolute atomic E-state index is 0.169. The maximum absolute atomic E-state index is 13.6. The van der Waals surface area contributed by atoms with E-state index in [9.17, 15) is 9.59 Å². The second-order valence-corrected chi connectivity index (χ2v) is 10.6. The standard InChI is InChI=1S/C29H32Cl2N2O3/c1-20-10-8-9-13-26(20)36-19-27(34)33(18-22-14-15-23(30)24(31)16-22)25(28(35)32-29(2,3)4)17-21-11-6-5-7-12-21/h5-16,25H,17-19H2,1-4H3,(H,32,35)/t25-/m1/s1. The molecular formula is C29H32Cl2N2O3. The molecule has 3 aromatic rings. The smallest absolute Gasteiger partial charge is 0.261 e. The van der Waals surface area contributed by atoms with Gasteiger partial charge in [0.05, 0.1) is 10.0 Å². The Balaban J connectivity index is 1.96. The first-order valence-electron chi connectivity index (χ1n) is 11.8. The monoisotopic (exact) mass is 526 g/mol. The molecule has 3 aromatic carbocycles. The van der Waals surface area contributed by atoms with Gasteiger partial charge in [-0.3, -0.25) is 9.59 Å². The number of hydrogen-bond acceptors (Lipinski definition) is 3. The van der Waals surface area contributed by atoms with E-state index >= 15 is 0 Å². The lowest BCUT2D eigenvalue weighted by atomic mass is 10.0. The lowest BCUT2D eigenvalue weighted by Crippen LogP contribution is -2.55. The molecule has 0 radical (unpaired) electrons. The van der Waals surface area contributed by atoms with E-state index in [0.717, 1.165) is 16.7 Å². The van der Waals surface area contributed by atoms with Crippen molar-refractivity contribution in [1.82, 2.24) is 10.2 Å². The Labute approximate surface area is 223 Å². The van der Waals surface area contributed by atoms with Gasteiger partial charge in [-0.15, -0.1) is 0 Å². The van der Waals surface area contributed by atoms with Crippen LogP contribution in [0, 0.1) is 6.92 Å². The van der Waals surface area contributed by atoms with Crippen molar-refractivity contribution in [1.29, 1.82) is 0 Å². The summed E-state index contributed by atoms with van der Waals surface area (Å²) in [6, 6.07) is 21.6. The van der Waals surface area contributed by atoms with Crippen LogP contribution in [0.5, 0.6) is 5.75 Å².